The lowest BCUT2D eigenvalue weighted by atomic mass is 9.81. The summed E-state index contributed by atoms with van der Waals surface area (Å²) < 4.78 is 25.3. The average molecular weight is 342 g/mol. The van der Waals surface area contributed by atoms with Gasteiger partial charge in [0.05, 0.1) is 0 Å². The van der Waals surface area contributed by atoms with Crippen LogP contribution >= 0.6 is 12.4 Å². The van der Waals surface area contributed by atoms with Gasteiger partial charge in [-0.15, -0.1) is 12.4 Å². The van der Waals surface area contributed by atoms with Crippen molar-refractivity contribution in [2.75, 3.05) is 38.5 Å². The van der Waals surface area contributed by atoms with Crippen LogP contribution in [0.15, 0.2) is 0 Å². The molecule has 0 aromatic carbocycles. The zero-order valence-electron chi connectivity index (χ0n) is 13.1. The zero-order valence-corrected chi connectivity index (χ0v) is 14.8. The number of nitrogens with one attached hydrogen (secondary N) is 2. The molecule has 0 aliphatic carbocycles. The van der Waals surface area contributed by atoms with Crippen LogP contribution in [-0.4, -0.2) is 57.1 Å². The SMILES string of the molecule is CCN(CC)S(=O)(=O)CC(=O)NCC1(C)CCNCC1.Cl. The van der Waals surface area contributed by atoms with Crippen molar-refractivity contribution in [3.63, 3.8) is 0 Å². The lowest BCUT2D eigenvalue weighted by Crippen LogP contribution is -2.45. The van der Waals surface area contributed by atoms with Gasteiger partial charge in [0.2, 0.25) is 15.9 Å². The number of hydrogen-bond donors (Lipinski definition) is 2. The molecule has 1 fully saturated rings. The summed E-state index contributed by atoms with van der Waals surface area (Å²) in [5.74, 6) is -0.861. The normalized spacial score (nSPS) is 18.1. The number of piperidine rings is 1. The summed E-state index contributed by atoms with van der Waals surface area (Å²) in [4.78, 5) is 11.8. The van der Waals surface area contributed by atoms with E-state index < -0.39 is 21.7 Å². The Hall–Kier alpha value is -0.370. The third kappa shape index (κ3) is 6.50. The van der Waals surface area contributed by atoms with Gasteiger partial charge in [0.25, 0.3) is 0 Å². The maximum Gasteiger partial charge on any atom is 0.236 e. The Morgan fingerprint density at radius 3 is 2.24 bits per heavy atom. The average Bonchev–Trinajstić information content (AvgIpc) is 2.38. The van der Waals surface area contributed by atoms with Crippen LogP contribution in [0.25, 0.3) is 0 Å². The molecule has 0 atom stereocenters. The number of carbonyl (C=O) groups excluding carboxylic acids is 1. The first-order chi connectivity index (χ1) is 9.33. The van der Waals surface area contributed by atoms with Crippen LogP contribution in [0.5, 0.6) is 0 Å². The summed E-state index contributed by atoms with van der Waals surface area (Å²) in [5.41, 5.74) is 0.0693. The number of sulfonamides is 1. The van der Waals surface area contributed by atoms with E-state index in [-0.39, 0.29) is 17.8 Å². The van der Waals surface area contributed by atoms with Gasteiger partial charge < -0.3 is 10.6 Å². The monoisotopic (exact) mass is 341 g/mol. The smallest absolute Gasteiger partial charge is 0.236 e. The molecule has 0 bridgehead atoms. The second-order valence-electron chi connectivity index (χ2n) is 5.68. The Bertz CT molecular complexity index is 418. The lowest BCUT2D eigenvalue weighted by molar-refractivity contribution is -0.119. The third-order valence-electron chi connectivity index (χ3n) is 3.94. The predicted octanol–water partition coefficient (Wildman–Crippen LogP) is 0.586. The molecule has 0 unspecified atom stereocenters. The maximum absolute atomic E-state index is 12.0. The Balaban J connectivity index is 0.00000400. The lowest BCUT2D eigenvalue weighted by Gasteiger charge is -2.34. The topological polar surface area (TPSA) is 78.5 Å². The van der Waals surface area contributed by atoms with Gasteiger partial charge in [-0.25, -0.2) is 12.7 Å². The fraction of sp³-hybridized carbons (Fsp3) is 0.923. The van der Waals surface area contributed by atoms with Gasteiger partial charge in [0.1, 0.15) is 5.75 Å². The highest BCUT2D eigenvalue weighted by Gasteiger charge is 2.28. The van der Waals surface area contributed by atoms with Gasteiger partial charge in [0.15, 0.2) is 0 Å². The molecule has 0 radical (unpaired) electrons. The summed E-state index contributed by atoms with van der Waals surface area (Å²) in [7, 11) is -3.49. The molecular formula is C13H28ClN3O3S. The quantitative estimate of drug-likeness (QED) is 0.710. The number of nitrogens with zero attached hydrogens (tertiary/aromatic N) is 1. The first-order valence-electron chi connectivity index (χ1n) is 7.28. The van der Waals surface area contributed by atoms with E-state index in [1.807, 2.05) is 0 Å². The van der Waals surface area contributed by atoms with Gasteiger partial charge in [-0.2, -0.15) is 0 Å². The van der Waals surface area contributed by atoms with Crippen LogP contribution in [0.4, 0.5) is 0 Å². The van der Waals surface area contributed by atoms with Crippen LogP contribution in [-0.2, 0) is 14.8 Å². The Morgan fingerprint density at radius 2 is 1.76 bits per heavy atom. The number of amides is 1. The molecule has 0 aromatic heterocycles. The van der Waals surface area contributed by atoms with Crippen molar-refractivity contribution in [3.05, 3.63) is 0 Å². The van der Waals surface area contributed by atoms with E-state index in [2.05, 4.69) is 17.6 Å². The molecule has 8 heteroatoms. The van der Waals surface area contributed by atoms with Crippen LogP contribution in [0, 0.1) is 5.41 Å². The van der Waals surface area contributed by atoms with Gasteiger partial charge in [-0.3, -0.25) is 4.79 Å². The molecule has 1 aliphatic rings. The molecular weight excluding hydrogens is 314 g/mol. The second kappa shape index (κ2) is 8.92. The van der Waals surface area contributed by atoms with E-state index in [1.54, 1.807) is 13.8 Å². The second-order valence-corrected chi connectivity index (χ2v) is 7.65. The van der Waals surface area contributed by atoms with Crippen molar-refractivity contribution in [1.82, 2.24) is 14.9 Å². The van der Waals surface area contributed by atoms with Crippen LogP contribution in [0.1, 0.15) is 33.6 Å². The largest absolute Gasteiger partial charge is 0.355 e. The summed E-state index contributed by atoms with van der Waals surface area (Å²) in [6, 6.07) is 0. The standard InChI is InChI=1S/C13H27N3O3S.ClH/c1-4-16(5-2)20(18,19)10-12(17)15-11-13(3)6-8-14-9-7-13;/h14H,4-11H2,1-3H3,(H,15,17);1H. The molecule has 2 N–H and O–H groups in total. The van der Waals surface area contributed by atoms with Gasteiger partial charge >= 0.3 is 0 Å². The highest BCUT2D eigenvalue weighted by Crippen LogP contribution is 2.26. The van der Waals surface area contributed by atoms with Gasteiger partial charge in [0, 0.05) is 19.6 Å². The maximum atomic E-state index is 12.0. The third-order valence-corrected chi connectivity index (χ3v) is 5.87. The zero-order chi connectivity index (χ0) is 15.2. The predicted molar refractivity (Wildman–Crippen MR) is 87.2 cm³/mol. The highest BCUT2D eigenvalue weighted by atomic mass is 35.5. The molecule has 1 heterocycles. The van der Waals surface area contributed by atoms with Crippen molar-refractivity contribution in [2.24, 2.45) is 5.41 Å². The van der Waals surface area contributed by atoms with E-state index >= 15 is 0 Å². The Labute approximate surface area is 134 Å². The first-order valence-corrected chi connectivity index (χ1v) is 8.89. The van der Waals surface area contributed by atoms with Crippen molar-refractivity contribution in [3.8, 4) is 0 Å². The van der Waals surface area contributed by atoms with Gasteiger partial charge in [-0.05, 0) is 31.3 Å². The summed E-state index contributed by atoms with van der Waals surface area (Å²) in [5, 5.41) is 6.06. The molecule has 0 aromatic rings. The van der Waals surface area contributed by atoms with Crippen molar-refractivity contribution < 1.29 is 13.2 Å². The summed E-state index contributed by atoms with van der Waals surface area (Å²) in [6.07, 6.45) is 1.99. The van der Waals surface area contributed by atoms with Gasteiger partial charge in [-0.1, -0.05) is 20.8 Å². The molecule has 1 amide bonds. The molecule has 1 saturated heterocycles. The van der Waals surface area contributed by atoms with Crippen LogP contribution in [0.2, 0.25) is 0 Å². The fourth-order valence-corrected chi connectivity index (χ4v) is 3.85. The van der Waals surface area contributed by atoms with E-state index in [4.69, 9.17) is 0 Å². The highest BCUT2D eigenvalue weighted by molar-refractivity contribution is 7.89. The van der Waals surface area contributed by atoms with E-state index in [0.717, 1.165) is 25.9 Å². The summed E-state index contributed by atoms with van der Waals surface area (Å²) >= 11 is 0. The van der Waals surface area contributed by atoms with Crippen molar-refractivity contribution in [2.45, 2.75) is 33.6 Å². The summed E-state index contributed by atoms with van der Waals surface area (Å²) in [6.45, 7) is 8.91. The molecule has 126 valence electrons. The van der Waals surface area contributed by atoms with E-state index in [1.165, 1.54) is 4.31 Å². The minimum absolute atomic E-state index is 0. The molecule has 0 spiro atoms. The minimum Gasteiger partial charge on any atom is -0.355 e. The van der Waals surface area contributed by atoms with Crippen LogP contribution < -0.4 is 10.6 Å². The molecule has 0 saturated carbocycles. The minimum atomic E-state index is -3.49. The first kappa shape index (κ1) is 20.6. The van der Waals surface area contributed by atoms with Crippen LogP contribution in [0.3, 0.4) is 0 Å². The van der Waals surface area contributed by atoms with E-state index in [0.29, 0.717) is 19.6 Å². The number of carbonyl (C=O) groups is 1. The number of hydrogen-bond acceptors (Lipinski definition) is 4. The Kier molecular flexibility index (Phi) is 8.77. The molecule has 1 aliphatic heterocycles. The molecule has 21 heavy (non-hydrogen) atoms. The molecule has 6 nitrogen and oxygen atoms in total. The number of halogens is 1. The molecule has 1 rings (SSSR count). The number of rotatable bonds is 7. The van der Waals surface area contributed by atoms with Crippen molar-refractivity contribution in [1.29, 1.82) is 0 Å². The van der Waals surface area contributed by atoms with Crippen molar-refractivity contribution >= 4 is 28.3 Å². The van der Waals surface area contributed by atoms with E-state index in [9.17, 15) is 13.2 Å². The fourth-order valence-electron chi connectivity index (χ4n) is 2.44. The Morgan fingerprint density at radius 1 is 1.24 bits per heavy atom.